The molecule has 130 valence electrons. The molecule has 2 amide bonds. The number of carbonyl (C=O) groups is 2. The molecular weight excluding hydrogens is 320 g/mol. The minimum atomic E-state index is -0.580. The van der Waals surface area contributed by atoms with Crippen molar-refractivity contribution in [2.45, 2.75) is 25.4 Å². The second-order valence-electron chi connectivity index (χ2n) is 5.98. The Morgan fingerprint density at radius 1 is 1.56 bits per heavy atom. The lowest BCUT2D eigenvalue weighted by molar-refractivity contribution is 0.0943. The Kier molecular flexibility index (Phi) is 4.60. The third-order valence-electron chi connectivity index (χ3n) is 4.23. The van der Waals surface area contributed by atoms with Crippen molar-refractivity contribution in [3.63, 3.8) is 0 Å². The summed E-state index contributed by atoms with van der Waals surface area (Å²) in [7, 11) is 1.58. The molecular formula is C17H20N6O2. The van der Waals surface area contributed by atoms with Gasteiger partial charge in [0.25, 0.3) is 11.8 Å². The summed E-state index contributed by atoms with van der Waals surface area (Å²) in [4.78, 5) is 32.9. The molecule has 0 bridgehead atoms. The van der Waals surface area contributed by atoms with Gasteiger partial charge in [-0.05, 0) is 31.5 Å². The first-order valence-corrected chi connectivity index (χ1v) is 8.09. The number of carbonyl (C=O) groups excluding carboxylic acids is 2. The molecule has 0 aliphatic carbocycles. The fourth-order valence-electron chi connectivity index (χ4n) is 2.97. The van der Waals surface area contributed by atoms with E-state index in [9.17, 15) is 9.59 Å². The third kappa shape index (κ3) is 3.15. The van der Waals surface area contributed by atoms with Gasteiger partial charge in [-0.3, -0.25) is 14.6 Å². The van der Waals surface area contributed by atoms with Crippen molar-refractivity contribution < 1.29 is 9.59 Å². The number of pyridine rings is 1. The molecule has 0 spiro atoms. The van der Waals surface area contributed by atoms with E-state index in [1.165, 1.54) is 6.21 Å². The number of amides is 2. The van der Waals surface area contributed by atoms with Gasteiger partial charge in [0.2, 0.25) is 0 Å². The summed E-state index contributed by atoms with van der Waals surface area (Å²) in [6, 6.07) is 4.71. The van der Waals surface area contributed by atoms with Crippen LogP contribution in [0.3, 0.4) is 0 Å². The van der Waals surface area contributed by atoms with Crippen LogP contribution in [0.1, 0.15) is 40.4 Å². The molecule has 0 radical (unpaired) electrons. The van der Waals surface area contributed by atoms with E-state index in [4.69, 9.17) is 5.41 Å². The Morgan fingerprint density at radius 2 is 2.36 bits per heavy atom. The van der Waals surface area contributed by atoms with Crippen LogP contribution in [0, 0.1) is 5.41 Å². The van der Waals surface area contributed by atoms with Crippen LogP contribution in [0.5, 0.6) is 0 Å². The van der Waals surface area contributed by atoms with Gasteiger partial charge in [-0.2, -0.15) is 0 Å². The highest BCUT2D eigenvalue weighted by Crippen LogP contribution is 2.26. The Labute approximate surface area is 144 Å². The molecule has 0 aromatic carbocycles. The van der Waals surface area contributed by atoms with Gasteiger partial charge >= 0.3 is 0 Å². The molecule has 3 N–H and O–H groups in total. The molecule has 8 nitrogen and oxygen atoms in total. The second-order valence-corrected chi connectivity index (χ2v) is 5.98. The predicted molar refractivity (Wildman–Crippen MR) is 95.8 cm³/mol. The highest BCUT2D eigenvalue weighted by Gasteiger charge is 2.24. The average molecular weight is 340 g/mol. The van der Waals surface area contributed by atoms with Crippen LogP contribution in [-0.2, 0) is 0 Å². The molecule has 1 aliphatic rings. The van der Waals surface area contributed by atoms with Crippen LogP contribution in [0.25, 0.3) is 11.0 Å². The molecule has 2 aromatic rings. The Bertz CT molecular complexity index is 869. The number of rotatable bonds is 4. The van der Waals surface area contributed by atoms with Crippen molar-refractivity contribution in [3.05, 3.63) is 29.6 Å². The summed E-state index contributed by atoms with van der Waals surface area (Å²) >= 11 is 0. The van der Waals surface area contributed by atoms with Crippen molar-refractivity contribution in [1.82, 2.24) is 20.2 Å². The molecule has 0 saturated heterocycles. The lowest BCUT2D eigenvalue weighted by atomic mass is 10.2. The number of hydrogen-bond donors (Lipinski definition) is 3. The highest BCUT2D eigenvalue weighted by molar-refractivity contribution is 6.01. The first-order valence-electron chi connectivity index (χ1n) is 8.09. The summed E-state index contributed by atoms with van der Waals surface area (Å²) < 4.78 is 1.88. The maximum Gasteiger partial charge on any atom is 0.270 e. The summed E-state index contributed by atoms with van der Waals surface area (Å²) in [5.74, 6) is -0.520. The van der Waals surface area contributed by atoms with Crippen molar-refractivity contribution >= 4 is 35.3 Å². The summed E-state index contributed by atoms with van der Waals surface area (Å²) in [6.07, 6.45) is 3.36. The minimum Gasteiger partial charge on any atom is -0.351 e. The SMILES string of the molecule is CN=CC(C=N)NC(=O)c1ccc2cc3n(c2n1)C(C)CCNC3=O. The zero-order valence-corrected chi connectivity index (χ0v) is 14.1. The molecule has 0 fully saturated rings. The molecule has 25 heavy (non-hydrogen) atoms. The maximum atomic E-state index is 12.4. The summed E-state index contributed by atoms with van der Waals surface area (Å²) in [5, 5.41) is 13.7. The fourth-order valence-corrected chi connectivity index (χ4v) is 2.97. The zero-order chi connectivity index (χ0) is 18.0. The molecule has 2 atom stereocenters. The molecule has 2 unspecified atom stereocenters. The quantitative estimate of drug-likeness (QED) is 0.726. The number of fused-ring (bicyclic) bond motifs is 3. The van der Waals surface area contributed by atoms with Crippen molar-refractivity contribution in [2.75, 3.05) is 13.6 Å². The molecule has 1 aliphatic heterocycles. The molecule has 0 saturated carbocycles. The van der Waals surface area contributed by atoms with Crippen LogP contribution < -0.4 is 10.6 Å². The smallest absolute Gasteiger partial charge is 0.270 e. The molecule has 3 heterocycles. The Balaban J connectivity index is 2.01. The molecule has 8 heteroatoms. The zero-order valence-electron chi connectivity index (χ0n) is 14.1. The van der Waals surface area contributed by atoms with E-state index in [0.29, 0.717) is 17.9 Å². The topological polar surface area (TPSA) is 112 Å². The van der Waals surface area contributed by atoms with E-state index in [1.807, 2.05) is 11.5 Å². The largest absolute Gasteiger partial charge is 0.351 e. The highest BCUT2D eigenvalue weighted by atomic mass is 16.2. The first kappa shape index (κ1) is 16.8. The lowest BCUT2D eigenvalue weighted by Gasteiger charge is -2.14. The second kappa shape index (κ2) is 6.84. The predicted octanol–water partition coefficient (Wildman–Crippen LogP) is 1.18. The summed E-state index contributed by atoms with van der Waals surface area (Å²) in [6.45, 7) is 2.64. The number of hydrogen-bond acceptors (Lipinski definition) is 5. The summed E-state index contributed by atoms with van der Waals surface area (Å²) in [5.41, 5.74) is 1.41. The van der Waals surface area contributed by atoms with E-state index >= 15 is 0 Å². The van der Waals surface area contributed by atoms with Gasteiger partial charge in [-0.25, -0.2) is 4.98 Å². The molecule has 3 rings (SSSR count). The van der Waals surface area contributed by atoms with E-state index in [0.717, 1.165) is 18.0 Å². The van der Waals surface area contributed by atoms with E-state index < -0.39 is 11.9 Å². The van der Waals surface area contributed by atoms with Crippen LogP contribution >= 0.6 is 0 Å². The van der Waals surface area contributed by atoms with Gasteiger partial charge in [0.1, 0.15) is 17.0 Å². The van der Waals surface area contributed by atoms with Crippen molar-refractivity contribution in [2.24, 2.45) is 4.99 Å². The van der Waals surface area contributed by atoms with E-state index in [2.05, 4.69) is 20.6 Å². The normalized spacial score (nSPS) is 18.5. The lowest BCUT2D eigenvalue weighted by Crippen LogP contribution is -2.37. The number of nitrogens with zero attached hydrogens (tertiary/aromatic N) is 3. The Hall–Kier alpha value is -3.03. The first-order chi connectivity index (χ1) is 12.0. The third-order valence-corrected chi connectivity index (χ3v) is 4.23. The maximum absolute atomic E-state index is 12.4. The molecule has 2 aromatic heterocycles. The minimum absolute atomic E-state index is 0.0961. The van der Waals surface area contributed by atoms with E-state index in [1.54, 1.807) is 25.2 Å². The Morgan fingerprint density at radius 3 is 3.08 bits per heavy atom. The van der Waals surface area contributed by atoms with E-state index in [-0.39, 0.29) is 17.6 Å². The van der Waals surface area contributed by atoms with Crippen molar-refractivity contribution in [3.8, 4) is 0 Å². The number of aliphatic imine (C=N–C) groups is 1. The number of aromatic nitrogens is 2. The average Bonchev–Trinajstić information content (AvgIpc) is 2.93. The van der Waals surface area contributed by atoms with Gasteiger partial charge in [0.05, 0.1) is 6.04 Å². The fraction of sp³-hybridized carbons (Fsp3) is 0.353. The number of nitrogens with one attached hydrogen (secondary N) is 3. The van der Waals surface area contributed by atoms with Crippen LogP contribution in [0.2, 0.25) is 0 Å². The van der Waals surface area contributed by atoms with Gasteiger partial charge in [-0.1, -0.05) is 0 Å². The van der Waals surface area contributed by atoms with Gasteiger partial charge in [0.15, 0.2) is 0 Å². The van der Waals surface area contributed by atoms with Crippen LogP contribution in [-0.4, -0.2) is 53.4 Å². The monoisotopic (exact) mass is 340 g/mol. The van der Waals surface area contributed by atoms with Crippen LogP contribution in [0.4, 0.5) is 0 Å². The standard InChI is InChI=1S/C17H20N6O2/c1-10-5-6-20-17(25)14-7-11-3-4-13(22-15(11)23(10)14)16(24)21-12(8-18)9-19-2/h3-4,7-10,12,18H,5-6H2,1-2H3,(H,20,25)(H,21,24). The van der Waals surface area contributed by atoms with Gasteiger partial charge < -0.3 is 20.6 Å². The van der Waals surface area contributed by atoms with Gasteiger partial charge in [-0.15, -0.1) is 0 Å². The van der Waals surface area contributed by atoms with Gasteiger partial charge in [0, 0.05) is 37.4 Å². The van der Waals surface area contributed by atoms with Crippen molar-refractivity contribution in [1.29, 1.82) is 5.41 Å². The van der Waals surface area contributed by atoms with Crippen LogP contribution in [0.15, 0.2) is 23.2 Å².